The highest BCUT2D eigenvalue weighted by molar-refractivity contribution is 4.97. The predicted octanol–water partition coefficient (Wildman–Crippen LogP) is 12.8. The van der Waals surface area contributed by atoms with Gasteiger partial charge in [0.1, 0.15) is 6.17 Å². The second kappa shape index (κ2) is 28.9. The van der Waals surface area contributed by atoms with Gasteiger partial charge in [-0.05, 0) is 25.7 Å². The lowest BCUT2D eigenvalue weighted by Gasteiger charge is -2.33. The average Bonchev–Trinajstić information content (AvgIpc) is 3.33. The first-order valence-electron chi connectivity index (χ1n) is 18.5. The molecule has 0 saturated carbocycles. The molecule has 0 fully saturated rings. The van der Waals surface area contributed by atoms with Crippen LogP contribution in [0.3, 0.4) is 0 Å². The molecule has 0 N–H and O–H groups in total. The molecular weight excluding hydrogens is 472 g/mol. The molecule has 39 heavy (non-hydrogen) atoms. The molecule has 1 aliphatic heterocycles. The Morgan fingerprint density at radius 2 is 0.590 bits per heavy atom. The zero-order chi connectivity index (χ0) is 28.1. The van der Waals surface area contributed by atoms with Crippen LogP contribution in [0.1, 0.15) is 207 Å². The van der Waals surface area contributed by atoms with Crippen LogP contribution in [0, 0.1) is 0 Å². The summed E-state index contributed by atoms with van der Waals surface area (Å²) in [6.07, 6.45) is 47.0. The van der Waals surface area contributed by atoms with Crippen LogP contribution >= 0.6 is 0 Å². The van der Waals surface area contributed by atoms with Crippen molar-refractivity contribution in [3.05, 3.63) is 12.4 Å². The summed E-state index contributed by atoms with van der Waals surface area (Å²) in [7, 11) is 0. The number of hydrogen-bond donors (Lipinski definition) is 0. The van der Waals surface area contributed by atoms with Crippen LogP contribution in [0.5, 0.6) is 0 Å². The van der Waals surface area contributed by atoms with Gasteiger partial charge in [0, 0.05) is 25.5 Å². The van der Waals surface area contributed by atoms with Gasteiger partial charge < -0.3 is 9.80 Å². The highest BCUT2D eigenvalue weighted by atomic mass is 15.4. The minimum atomic E-state index is 0.642. The summed E-state index contributed by atoms with van der Waals surface area (Å²) in [5, 5.41) is 0. The highest BCUT2D eigenvalue weighted by Gasteiger charge is 2.24. The van der Waals surface area contributed by atoms with E-state index in [0.717, 1.165) is 0 Å². The minimum absolute atomic E-state index is 0.642. The summed E-state index contributed by atoms with van der Waals surface area (Å²) in [6, 6.07) is 0. The number of unbranched alkanes of at least 4 members (excludes halogenated alkanes) is 25. The number of hydrogen-bond acceptors (Lipinski definition) is 2. The zero-order valence-electron chi connectivity index (χ0n) is 27.5. The van der Waals surface area contributed by atoms with Crippen molar-refractivity contribution in [1.82, 2.24) is 9.80 Å². The highest BCUT2D eigenvalue weighted by Crippen LogP contribution is 2.24. The van der Waals surface area contributed by atoms with Crippen molar-refractivity contribution in [2.45, 2.75) is 213 Å². The summed E-state index contributed by atoms with van der Waals surface area (Å²) in [5.74, 6) is 0. The van der Waals surface area contributed by atoms with Gasteiger partial charge in [-0.1, -0.05) is 181 Å². The summed E-state index contributed by atoms with van der Waals surface area (Å²) >= 11 is 0. The second-order valence-corrected chi connectivity index (χ2v) is 12.9. The van der Waals surface area contributed by atoms with E-state index < -0.39 is 0 Å². The summed E-state index contributed by atoms with van der Waals surface area (Å²) < 4.78 is 0. The van der Waals surface area contributed by atoms with Gasteiger partial charge in [0.05, 0.1) is 0 Å². The van der Waals surface area contributed by atoms with Crippen molar-refractivity contribution in [3.63, 3.8) is 0 Å². The lowest BCUT2D eigenvalue weighted by atomic mass is 10.0. The van der Waals surface area contributed by atoms with Crippen molar-refractivity contribution in [1.29, 1.82) is 0 Å². The van der Waals surface area contributed by atoms with Crippen LogP contribution in [-0.2, 0) is 0 Å². The number of nitrogens with zero attached hydrogens (tertiary/aromatic N) is 2. The molecule has 2 heteroatoms. The third kappa shape index (κ3) is 21.7. The Labute approximate surface area is 248 Å². The fourth-order valence-electron chi connectivity index (χ4n) is 6.36. The van der Waals surface area contributed by atoms with E-state index in [1.807, 2.05) is 0 Å². The molecule has 1 aliphatic rings. The SMILES string of the molecule is CCCCCCCCCCCCCCCCCN1C=CN(CCCCCC)C1CCCCCCCCCCC. The molecule has 0 aromatic heterocycles. The molecule has 0 spiro atoms. The van der Waals surface area contributed by atoms with Crippen LogP contribution in [0.25, 0.3) is 0 Å². The molecule has 0 amide bonds. The van der Waals surface area contributed by atoms with Crippen LogP contribution < -0.4 is 0 Å². The van der Waals surface area contributed by atoms with E-state index in [2.05, 4.69) is 43.0 Å². The van der Waals surface area contributed by atoms with E-state index in [1.54, 1.807) is 0 Å². The Balaban J connectivity index is 2.11. The zero-order valence-corrected chi connectivity index (χ0v) is 27.5. The fraction of sp³-hybridized carbons (Fsp3) is 0.946. The van der Waals surface area contributed by atoms with E-state index in [4.69, 9.17) is 0 Å². The summed E-state index contributed by atoms with van der Waals surface area (Å²) in [5.41, 5.74) is 0. The lowest BCUT2D eigenvalue weighted by molar-refractivity contribution is 0.135. The molecule has 0 bridgehead atoms. The van der Waals surface area contributed by atoms with E-state index in [0.29, 0.717) is 6.17 Å². The summed E-state index contributed by atoms with van der Waals surface area (Å²) in [6.45, 7) is 9.47. The standard InChI is InChI=1S/C37H74N2/c1-4-7-10-13-15-17-18-19-20-21-22-24-26-28-31-34-39-36-35-38(33-30-12-9-6-3)37(39)32-29-27-25-23-16-14-11-8-5-2/h35-37H,4-34H2,1-3H3. The van der Waals surface area contributed by atoms with E-state index in [9.17, 15) is 0 Å². The maximum absolute atomic E-state index is 2.70. The molecule has 0 aromatic carbocycles. The summed E-state index contributed by atoms with van der Waals surface area (Å²) in [4.78, 5) is 5.39. The van der Waals surface area contributed by atoms with Gasteiger partial charge >= 0.3 is 0 Å². The maximum Gasteiger partial charge on any atom is 0.101 e. The van der Waals surface area contributed by atoms with Crippen molar-refractivity contribution in [2.24, 2.45) is 0 Å². The number of rotatable bonds is 31. The molecule has 0 saturated heterocycles. The minimum Gasteiger partial charge on any atom is -0.356 e. The van der Waals surface area contributed by atoms with Crippen LogP contribution in [-0.4, -0.2) is 29.1 Å². The van der Waals surface area contributed by atoms with Gasteiger partial charge in [0.25, 0.3) is 0 Å². The Bertz CT molecular complexity index is 502. The largest absolute Gasteiger partial charge is 0.356 e. The molecule has 0 aromatic rings. The van der Waals surface area contributed by atoms with Crippen molar-refractivity contribution in [3.8, 4) is 0 Å². The predicted molar refractivity (Wildman–Crippen MR) is 177 cm³/mol. The molecule has 1 atom stereocenters. The van der Waals surface area contributed by atoms with Crippen molar-refractivity contribution >= 4 is 0 Å². The first kappa shape index (κ1) is 36.4. The smallest absolute Gasteiger partial charge is 0.101 e. The average molecular weight is 547 g/mol. The normalized spacial score (nSPS) is 15.2. The maximum atomic E-state index is 2.70. The van der Waals surface area contributed by atoms with Crippen LogP contribution in [0.2, 0.25) is 0 Å². The Hall–Kier alpha value is -0.660. The quantitative estimate of drug-likeness (QED) is 0.0798. The molecule has 232 valence electrons. The molecule has 0 aliphatic carbocycles. The molecule has 2 nitrogen and oxygen atoms in total. The van der Waals surface area contributed by atoms with Gasteiger partial charge in [-0.25, -0.2) is 0 Å². The van der Waals surface area contributed by atoms with E-state index >= 15 is 0 Å². The molecule has 1 heterocycles. The third-order valence-corrected chi connectivity index (χ3v) is 9.07. The topological polar surface area (TPSA) is 6.48 Å². The van der Waals surface area contributed by atoms with Gasteiger partial charge in [0.2, 0.25) is 0 Å². The molecular formula is C37H74N2. The monoisotopic (exact) mass is 547 g/mol. The van der Waals surface area contributed by atoms with E-state index in [1.165, 1.54) is 199 Å². The lowest BCUT2D eigenvalue weighted by Crippen LogP contribution is -2.39. The molecule has 1 unspecified atom stereocenters. The van der Waals surface area contributed by atoms with Gasteiger partial charge in [-0.3, -0.25) is 0 Å². The first-order valence-corrected chi connectivity index (χ1v) is 18.5. The second-order valence-electron chi connectivity index (χ2n) is 12.9. The van der Waals surface area contributed by atoms with Crippen LogP contribution in [0.15, 0.2) is 12.4 Å². The Morgan fingerprint density at radius 1 is 0.333 bits per heavy atom. The van der Waals surface area contributed by atoms with Crippen LogP contribution in [0.4, 0.5) is 0 Å². The first-order chi connectivity index (χ1) is 19.3. The third-order valence-electron chi connectivity index (χ3n) is 9.07. The Morgan fingerprint density at radius 3 is 0.923 bits per heavy atom. The molecule has 0 radical (unpaired) electrons. The van der Waals surface area contributed by atoms with Crippen molar-refractivity contribution in [2.75, 3.05) is 13.1 Å². The van der Waals surface area contributed by atoms with Gasteiger partial charge in [-0.15, -0.1) is 0 Å². The Kier molecular flexibility index (Phi) is 26.9. The van der Waals surface area contributed by atoms with Gasteiger partial charge in [0.15, 0.2) is 0 Å². The van der Waals surface area contributed by atoms with Crippen molar-refractivity contribution < 1.29 is 0 Å². The van der Waals surface area contributed by atoms with Gasteiger partial charge in [-0.2, -0.15) is 0 Å². The fourth-order valence-corrected chi connectivity index (χ4v) is 6.36. The van der Waals surface area contributed by atoms with E-state index in [-0.39, 0.29) is 0 Å². The molecule has 1 rings (SSSR count).